The van der Waals surface area contributed by atoms with Crippen LogP contribution in [0, 0.1) is 0 Å². The Morgan fingerprint density at radius 1 is 1.12 bits per heavy atom. The van der Waals surface area contributed by atoms with Crippen LogP contribution in [0.5, 0.6) is 5.75 Å². The Hall–Kier alpha value is -2.38. The number of ether oxygens (including phenoxy) is 2. The summed E-state index contributed by atoms with van der Waals surface area (Å²) in [6.07, 6.45) is 9.29. The van der Waals surface area contributed by atoms with Gasteiger partial charge in [-0.05, 0) is 51.3 Å². The number of aromatic nitrogens is 2. The van der Waals surface area contributed by atoms with Gasteiger partial charge in [0.05, 0.1) is 23.9 Å². The first-order valence-corrected chi connectivity index (χ1v) is 12.0. The Kier molecular flexibility index (Phi) is 7.81. The second-order valence-electron chi connectivity index (χ2n) is 8.80. The average molecular weight is 441 g/mol. The van der Waals surface area contributed by atoms with E-state index in [1.54, 1.807) is 7.11 Å². The summed E-state index contributed by atoms with van der Waals surface area (Å²) in [7, 11) is 1.77. The highest BCUT2D eigenvalue weighted by atomic mass is 16.5. The lowest BCUT2D eigenvalue weighted by Gasteiger charge is -2.41. The normalized spacial score (nSPS) is 23.3. The highest BCUT2D eigenvalue weighted by Gasteiger charge is 2.35. The number of rotatable bonds is 4. The largest absolute Gasteiger partial charge is 0.491 e. The molecule has 1 fully saturated rings. The fourth-order valence-corrected chi connectivity index (χ4v) is 4.98. The standard InChI is InChI=1S/C25H36N4O3/c1-3-28-19-20(17-26-28)18-27-13-7-6-10-22-24(31-2)12-8-14-29(22)25(30)21-9-4-5-11-23(21)32-16-15-27/h4-5,9,11,17,19,22,24H,3,6-8,10,12-16,18H2,1-2H3/t22-,24-/m0/s1. The summed E-state index contributed by atoms with van der Waals surface area (Å²) in [5, 5.41) is 4.42. The molecule has 1 saturated heterocycles. The highest BCUT2D eigenvalue weighted by Crippen LogP contribution is 2.29. The van der Waals surface area contributed by atoms with Crippen molar-refractivity contribution in [2.75, 3.05) is 33.4 Å². The third-order valence-corrected chi connectivity index (χ3v) is 6.70. The van der Waals surface area contributed by atoms with Crippen molar-refractivity contribution in [2.24, 2.45) is 0 Å². The third kappa shape index (κ3) is 5.33. The molecule has 32 heavy (non-hydrogen) atoms. The molecule has 1 aromatic heterocycles. The topological polar surface area (TPSA) is 59.8 Å². The third-order valence-electron chi connectivity index (χ3n) is 6.70. The molecule has 1 amide bonds. The molecule has 0 spiro atoms. The summed E-state index contributed by atoms with van der Waals surface area (Å²) < 4.78 is 13.9. The van der Waals surface area contributed by atoms with Crippen LogP contribution in [0.3, 0.4) is 0 Å². The first-order chi connectivity index (χ1) is 15.7. The van der Waals surface area contributed by atoms with Crippen LogP contribution < -0.4 is 4.74 Å². The van der Waals surface area contributed by atoms with E-state index in [1.807, 2.05) is 40.0 Å². The Bertz CT molecular complexity index is 884. The zero-order chi connectivity index (χ0) is 22.3. The molecule has 7 heteroatoms. The average Bonchev–Trinajstić information content (AvgIpc) is 3.28. The molecule has 174 valence electrons. The van der Waals surface area contributed by atoms with Crippen molar-refractivity contribution in [3.8, 4) is 5.75 Å². The van der Waals surface area contributed by atoms with E-state index in [-0.39, 0.29) is 18.1 Å². The highest BCUT2D eigenvalue weighted by molar-refractivity contribution is 5.97. The summed E-state index contributed by atoms with van der Waals surface area (Å²) in [5.41, 5.74) is 1.88. The van der Waals surface area contributed by atoms with Gasteiger partial charge in [-0.15, -0.1) is 0 Å². The maximum atomic E-state index is 13.5. The van der Waals surface area contributed by atoms with E-state index in [0.29, 0.717) is 17.9 Å². The van der Waals surface area contributed by atoms with Gasteiger partial charge in [0.1, 0.15) is 12.4 Å². The SMILES string of the molecule is CCn1cc(CN2CCCC[C@H]3[C@@H](OC)CCCN3C(=O)c3ccccc3OCC2)cn1. The van der Waals surface area contributed by atoms with Gasteiger partial charge in [-0.1, -0.05) is 18.6 Å². The fraction of sp³-hybridized carbons (Fsp3) is 0.600. The van der Waals surface area contributed by atoms with Crippen LogP contribution in [0.1, 0.15) is 54.9 Å². The molecule has 7 nitrogen and oxygen atoms in total. The number of benzene rings is 1. The number of amides is 1. The molecule has 2 aliphatic heterocycles. The van der Waals surface area contributed by atoms with Crippen molar-refractivity contribution in [3.63, 3.8) is 0 Å². The number of piperidine rings is 1. The predicted molar refractivity (Wildman–Crippen MR) is 124 cm³/mol. The van der Waals surface area contributed by atoms with Crippen LogP contribution in [0.15, 0.2) is 36.7 Å². The molecule has 0 aliphatic carbocycles. The fourth-order valence-electron chi connectivity index (χ4n) is 4.98. The van der Waals surface area contributed by atoms with E-state index in [4.69, 9.17) is 9.47 Å². The van der Waals surface area contributed by atoms with Gasteiger partial charge in [0, 0.05) is 45.0 Å². The van der Waals surface area contributed by atoms with Crippen molar-refractivity contribution in [3.05, 3.63) is 47.8 Å². The molecular weight excluding hydrogens is 404 g/mol. The van der Waals surface area contributed by atoms with Gasteiger partial charge in [0.2, 0.25) is 0 Å². The lowest BCUT2D eigenvalue weighted by Crippen LogP contribution is -2.51. The zero-order valence-corrected chi connectivity index (χ0v) is 19.4. The van der Waals surface area contributed by atoms with Crippen LogP contribution in [0.4, 0.5) is 0 Å². The molecule has 1 aromatic carbocycles. The molecule has 2 aliphatic rings. The minimum atomic E-state index is 0.0652. The number of hydrogen-bond acceptors (Lipinski definition) is 5. The summed E-state index contributed by atoms with van der Waals surface area (Å²) in [4.78, 5) is 18.0. The van der Waals surface area contributed by atoms with Crippen molar-refractivity contribution < 1.29 is 14.3 Å². The molecule has 4 rings (SSSR count). The minimum absolute atomic E-state index is 0.0652. The first-order valence-electron chi connectivity index (χ1n) is 12.0. The van der Waals surface area contributed by atoms with E-state index < -0.39 is 0 Å². The lowest BCUT2D eigenvalue weighted by molar-refractivity contribution is -0.0155. The van der Waals surface area contributed by atoms with Gasteiger partial charge in [-0.25, -0.2) is 0 Å². The molecule has 3 heterocycles. The van der Waals surface area contributed by atoms with Crippen molar-refractivity contribution in [1.82, 2.24) is 19.6 Å². The lowest BCUT2D eigenvalue weighted by atomic mass is 9.93. The number of methoxy groups -OCH3 is 1. The van der Waals surface area contributed by atoms with Gasteiger partial charge in [-0.2, -0.15) is 5.10 Å². The van der Waals surface area contributed by atoms with Crippen molar-refractivity contribution >= 4 is 5.91 Å². The van der Waals surface area contributed by atoms with E-state index in [2.05, 4.69) is 23.1 Å². The Morgan fingerprint density at radius 3 is 2.81 bits per heavy atom. The Balaban J connectivity index is 1.54. The van der Waals surface area contributed by atoms with Gasteiger partial charge >= 0.3 is 0 Å². The molecule has 0 N–H and O–H groups in total. The molecule has 0 radical (unpaired) electrons. The summed E-state index contributed by atoms with van der Waals surface area (Å²) in [6, 6.07) is 7.78. The first kappa shape index (κ1) is 22.8. The Morgan fingerprint density at radius 2 is 2.00 bits per heavy atom. The molecule has 2 aromatic rings. The van der Waals surface area contributed by atoms with Crippen LogP contribution in [0.2, 0.25) is 0 Å². The van der Waals surface area contributed by atoms with E-state index in [9.17, 15) is 4.79 Å². The van der Waals surface area contributed by atoms with Crippen LogP contribution in [-0.4, -0.2) is 71.0 Å². The van der Waals surface area contributed by atoms with E-state index >= 15 is 0 Å². The van der Waals surface area contributed by atoms with Gasteiger partial charge in [-0.3, -0.25) is 14.4 Å². The van der Waals surface area contributed by atoms with E-state index in [0.717, 1.165) is 64.8 Å². The van der Waals surface area contributed by atoms with Crippen LogP contribution in [-0.2, 0) is 17.8 Å². The summed E-state index contributed by atoms with van der Waals surface area (Å²) in [5.74, 6) is 0.740. The number of carbonyl (C=O) groups excluding carboxylic acids is 1. The molecule has 0 bridgehead atoms. The molecule has 0 unspecified atom stereocenters. The van der Waals surface area contributed by atoms with Gasteiger partial charge in [0.15, 0.2) is 0 Å². The molecule has 2 atom stereocenters. The zero-order valence-electron chi connectivity index (χ0n) is 19.4. The molecule has 0 saturated carbocycles. The number of carbonyl (C=O) groups is 1. The quantitative estimate of drug-likeness (QED) is 0.727. The van der Waals surface area contributed by atoms with Crippen molar-refractivity contribution in [2.45, 2.75) is 64.3 Å². The van der Waals surface area contributed by atoms with Gasteiger partial charge in [0.25, 0.3) is 5.91 Å². The predicted octanol–water partition coefficient (Wildman–Crippen LogP) is 3.59. The minimum Gasteiger partial charge on any atom is -0.491 e. The molecular formula is C25H36N4O3. The Labute approximate surface area is 191 Å². The van der Waals surface area contributed by atoms with E-state index in [1.165, 1.54) is 5.56 Å². The summed E-state index contributed by atoms with van der Waals surface area (Å²) in [6.45, 7) is 6.99. The monoisotopic (exact) mass is 440 g/mol. The van der Waals surface area contributed by atoms with Crippen LogP contribution >= 0.6 is 0 Å². The van der Waals surface area contributed by atoms with Crippen molar-refractivity contribution in [1.29, 1.82) is 0 Å². The second kappa shape index (κ2) is 11.0. The smallest absolute Gasteiger partial charge is 0.257 e. The maximum absolute atomic E-state index is 13.5. The maximum Gasteiger partial charge on any atom is 0.257 e. The number of aryl methyl sites for hydroxylation is 1. The number of fused-ring (bicyclic) bond motifs is 2. The number of nitrogens with zero attached hydrogens (tertiary/aromatic N) is 4. The van der Waals surface area contributed by atoms with Crippen LogP contribution in [0.25, 0.3) is 0 Å². The number of hydrogen-bond donors (Lipinski definition) is 0. The second-order valence-corrected chi connectivity index (χ2v) is 8.80. The summed E-state index contributed by atoms with van der Waals surface area (Å²) >= 11 is 0. The number of para-hydroxylation sites is 1. The van der Waals surface area contributed by atoms with Gasteiger partial charge < -0.3 is 14.4 Å².